The fraction of sp³-hybridized carbons (Fsp3) is 0.350. The number of hydrogen-bond donors (Lipinski definition) is 2. The Morgan fingerprint density at radius 1 is 1.10 bits per heavy atom. The van der Waals surface area contributed by atoms with Crippen LogP contribution < -0.4 is 10.0 Å². The molecule has 9 heteroatoms. The van der Waals surface area contributed by atoms with Gasteiger partial charge in [0.1, 0.15) is 4.90 Å². The van der Waals surface area contributed by atoms with E-state index in [1.54, 1.807) is 12.1 Å². The first kappa shape index (κ1) is 21.9. The van der Waals surface area contributed by atoms with Gasteiger partial charge in [0.05, 0.1) is 5.02 Å². The molecule has 0 radical (unpaired) electrons. The van der Waals surface area contributed by atoms with Gasteiger partial charge < -0.3 is 10.1 Å². The fourth-order valence-corrected chi connectivity index (χ4v) is 4.42. The minimum absolute atomic E-state index is 0.0685. The molecule has 1 amide bonds. The lowest BCUT2D eigenvalue weighted by Gasteiger charge is -2.11. The third-order valence-electron chi connectivity index (χ3n) is 4.38. The van der Waals surface area contributed by atoms with Crippen molar-refractivity contribution in [1.29, 1.82) is 0 Å². The summed E-state index contributed by atoms with van der Waals surface area (Å²) in [6, 6.07) is 10.3. The molecule has 6 nitrogen and oxygen atoms in total. The summed E-state index contributed by atoms with van der Waals surface area (Å²) in [6.45, 7) is 1.96. The van der Waals surface area contributed by atoms with Crippen molar-refractivity contribution in [2.45, 2.75) is 24.2 Å². The first-order chi connectivity index (χ1) is 13.8. The molecule has 2 aromatic carbocycles. The smallest absolute Gasteiger partial charge is 0.263 e. The predicted molar refractivity (Wildman–Crippen MR) is 114 cm³/mol. The first-order valence-electron chi connectivity index (χ1n) is 9.29. The monoisotopic (exact) mass is 456 g/mol. The van der Waals surface area contributed by atoms with E-state index in [0.29, 0.717) is 24.4 Å². The van der Waals surface area contributed by atoms with Crippen molar-refractivity contribution in [3.63, 3.8) is 0 Å². The molecule has 1 aliphatic carbocycles. The molecule has 0 bridgehead atoms. The van der Waals surface area contributed by atoms with E-state index >= 15 is 0 Å². The van der Waals surface area contributed by atoms with Crippen LogP contribution in [0, 0.1) is 5.92 Å². The highest BCUT2D eigenvalue weighted by Gasteiger charge is 2.21. The van der Waals surface area contributed by atoms with Crippen LogP contribution in [0.3, 0.4) is 0 Å². The molecule has 0 heterocycles. The normalized spacial score (nSPS) is 13.9. The summed E-state index contributed by atoms with van der Waals surface area (Å²) >= 11 is 11.8. The zero-order valence-corrected chi connectivity index (χ0v) is 18.0. The Balaban J connectivity index is 1.51. The molecule has 0 spiro atoms. The molecule has 1 aliphatic rings. The molecule has 0 saturated heterocycles. The van der Waals surface area contributed by atoms with E-state index < -0.39 is 10.0 Å². The van der Waals surface area contributed by atoms with Crippen LogP contribution in [0.25, 0.3) is 0 Å². The maximum absolute atomic E-state index is 12.5. The molecule has 29 heavy (non-hydrogen) atoms. The number of nitrogens with one attached hydrogen (secondary N) is 2. The molecule has 2 aromatic rings. The second-order valence-electron chi connectivity index (χ2n) is 6.89. The zero-order valence-electron chi connectivity index (χ0n) is 15.7. The highest BCUT2D eigenvalue weighted by Crippen LogP contribution is 2.29. The molecule has 0 atom stereocenters. The molecule has 156 valence electrons. The maximum Gasteiger partial charge on any atom is 0.263 e. The number of carbonyl (C=O) groups is 1. The standard InChI is InChI=1S/C20H22Cl2N2O4S/c21-16-6-9-18(22)19(12-16)29(26,27)24-17-7-4-15(5-8-17)20(25)23-10-1-11-28-13-14-2-3-14/h4-9,12,14,24H,1-3,10-11,13H2,(H,23,25). The van der Waals surface area contributed by atoms with Crippen LogP contribution in [0.2, 0.25) is 10.0 Å². The van der Waals surface area contributed by atoms with E-state index in [2.05, 4.69) is 10.0 Å². The topological polar surface area (TPSA) is 84.5 Å². The summed E-state index contributed by atoms with van der Waals surface area (Å²) in [7, 11) is -3.91. The van der Waals surface area contributed by atoms with Crippen molar-refractivity contribution in [3.05, 3.63) is 58.1 Å². The lowest BCUT2D eigenvalue weighted by atomic mass is 10.2. The predicted octanol–water partition coefficient (Wildman–Crippen LogP) is 4.34. The van der Waals surface area contributed by atoms with Crippen LogP contribution >= 0.6 is 23.2 Å². The average Bonchev–Trinajstić information content (AvgIpc) is 3.51. The average molecular weight is 457 g/mol. The van der Waals surface area contributed by atoms with Gasteiger partial charge in [-0.3, -0.25) is 9.52 Å². The summed E-state index contributed by atoms with van der Waals surface area (Å²) in [6.07, 6.45) is 3.26. The Bertz CT molecular complexity index is 961. The van der Waals surface area contributed by atoms with Crippen molar-refractivity contribution in [2.75, 3.05) is 24.5 Å². The van der Waals surface area contributed by atoms with E-state index in [-0.39, 0.29) is 20.8 Å². The summed E-state index contributed by atoms with van der Waals surface area (Å²) < 4.78 is 33.0. The second kappa shape index (κ2) is 9.80. The molecular formula is C20H22Cl2N2O4S. The van der Waals surface area contributed by atoms with E-state index in [0.717, 1.165) is 18.9 Å². The van der Waals surface area contributed by atoms with Gasteiger partial charge in [-0.05, 0) is 67.6 Å². The molecule has 1 saturated carbocycles. The zero-order chi connectivity index (χ0) is 20.9. The minimum atomic E-state index is -3.91. The Kier molecular flexibility index (Phi) is 7.40. The van der Waals surface area contributed by atoms with Gasteiger partial charge in [-0.2, -0.15) is 0 Å². The Morgan fingerprint density at radius 3 is 2.52 bits per heavy atom. The quantitative estimate of drug-likeness (QED) is 0.520. The van der Waals surface area contributed by atoms with Crippen LogP contribution in [-0.4, -0.2) is 34.1 Å². The van der Waals surface area contributed by atoms with Crippen molar-refractivity contribution in [3.8, 4) is 0 Å². The van der Waals surface area contributed by atoms with Crippen LogP contribution in [0.4, 0.5) is 5.69 Å². The summed E-state index contributed by atoms with van der Waals surface area (Å²) in [5, 5.41) is 3.15. The lowest BCUT2D eigenvalue weighted by Crippen LogP contribution is -2.25. The second-order valence-corrected chi connectivity index (χ2v) is 9.38. The van der Waals surface area contributed by atoms with E-state index in [9.17, 15) is 13.2 Å². The van der Waals surface area contributed by atoms with Crippen molar-refractivity contribution < 1.29 is 17.9 Å². The summed E-state index contributed by atoms with van der Waals surface area (Å²) in [5.74, 6) is 0.509. The van der Waals surface area contributed by atoms with Gasteiger partial charge in [-0.15, -0.1) is 0 Å². The molecule has 3 rings (SSSR count). The number of anilines is 1. The molecule has 0 unspecified atom stereocenters. The van der Waals surface area contributed by atoms with Crippen LogP contribution in [0.5, 0.6) is 0 Å². The van der Waals surface area contributed by atoms with Gasteiger partial charge in [0.25, 0.3) is 15.9 Å². The summed E-state index contributed by atoms with van der Waals surface area (Å²) in [4.78, 5) is 12.1. The highest BCUT2D eigenvalue weighted by molar-refractivity contribution is 7.92. The van der Waals surface area contributed by atoms with Crippen LogP contribution in [0.15, 0.2) is 47.4 Å². The number of halogens is 2. The number of rotatable bonds is 10. The Morgan fingerprint density at radius 2 is 1.83 bits per heavy atom. The number of benzene rings is 2. The molecule has 0 aromatic heterocycles. The fourth-order valence-electron chi connectivity index (χ4n) is 2.60. The summed E-state index contributed by atoms with van der Waals surface area (Å²) in [5.41, 5.74) is 0.749. The number of sulfonamides is 1. The molecule has 2 N–H and O–H groups in total. The lowest BCUT2D eigenvalue weighted by molar-refractivity contribution is 0.0937. The van der Waals surface area contributed by atoms with Gasteiger partial charge in [-0.25, -0.2) is 8.42 Å². The number of carbonyl (C=O) groups excluding carboxylic acids is 1. The maximum atomic E-state index is 12.5. The molecule has 0 aliphatic heterocycles. The Hall–Kier alpha value is -1.80. The van der Waals surface area contributed by atoms with Crippen LogP contribution in [0.1, 0.15) is 29.6 Å². The third kappa shape index (κ3) is 6.60. The van der Waals surface area contributed by atoms with Crippen molar-refractivity contribution in [2.24, 2.45) is 5.92 Å². The van der Waals surface area contributed by atoms with Crippen molar-refractivity contribution in [1.82, 2.24) is 5.32 Å². The number of amides is 1. The largest absolute Gasteiger partial charge is 0.381 e. The van der Waals surface area contributed by atoms with Gasteiger partial charge in [0.2, 0.25) is 0 Å². The van der Waals surface area contributed by atoms with Gasteiger partial charge in [-0.1, -0.05) is 23.2 Å². The van der Waals surface area contributed by atoms with Gasteiger partial charge >= 0.3 is 0 Å². The minimum Gasteiger partial charge on any atom is -0.381 e. The third-order valence-corrected chi connectivity index (χ3v) is 6.48. The van der Waals surface area contributed by atoms with E-state index in [1.165, 1.54) is 43.2 Å². The number of ether oxygens (including phenoxy) is 1. The van der Waals surface area contributed by atoms with E-state index in [1.807, 2.05) is 0 Å². The van der Waals surface area contributed by atoms with Crippen molar-refractivity contribution >= 4 is 44.8 Å². The van der Waals surface area contributed by atoms with Crippen LogP contribution in [-0.2, 0) is 14.8 Å². The SMILES string of the molecule is O=C(NCCCOCC1CC1)c1ccc(NS(=O)(=O)c2cc(Cl)ccc2Cl)cc1. The Labute approximate surface area is 180 Å². The van der Waals surface area contributed by atoms with E-state index in [4.69, 9.17) is 27.9 Å². The first-order valence-corrected chi connectivity index (χ1v) is 11.5. The molecule has 1 fully saturated rings. The number of hydrogen-bond acceptors (Lipinski definition) is 4. The molecular weight excluding hydrogens is 435 g/mol. The van der Waals surface area contributed by atoms with Gasteiger partial charge in [0, 0.05) is 36.0 Å². The highest BCUT2D eigenvalue weighted by atomic mass is 35.5. The van der Waals surface area contributed by atoms with Gasteiger partial charge in [0.15, 0.2) is 0 Å².